The molecule has 0 unspecified atom stereocenters. The Hall–Kier alpha value is -1.74. The van der Waals surface area contributed by atoms with Gasteiger partial charge in [-0.3, -0.25) is 9.69 Å². The van der Waals surface area contributed by atoms with Crippen LogP contribution in [0.2, 0.25) is 0 Å². The van der Waals surface area contributed by atoms with E-state index in [2.05, 4.69) is 14.9 Å². The highest BCUT2D eigenvalue weighted by Gasteiger charge is 2.10. The third kappa shape index (κ3) is 8.57. The van der Waals surface area contributed by atoms with Gasteiger partial charge in [0.2, 0.25) is 15.9 Å². The van der Waals surface area contributed by atoms with Gasteiger partial charge in [0.05, 0.1) is 13.2 Å². The Balaban J connectivity index is 1.57. The summed E-state index contributed by atoms with van der Waals surface area (Å²) in [6.45, 7) is 5.02. The summed E-state index contributed by atoms with van der Waals surface area (Å²) in [5.74, 6) is -0.151. The van der Waals surface area contributed by atoms with Gasteiger partial charge in [-0.25, -0.2) is 13.1 Å². The number of ether oxygens (including phenoxy) is 1. The summed E-state index contributed by atoms with van der Waals surface area (Å²) in [5.41, 5.74) is 0.802. The molecular weight excluding hydrogens is 354 g/mol. The van der Waals surface area contributed by atoms with Crippen LogP contribution in [0.3, 0.4) is 0 Å². The molecular formula is C18H27N3O4S. The van der Waals surface area contributed by atoms with Crippen molar-refractivity contribution in [3.8, 4) is 0 Å². The van der Waals surface area contributed by atoms with Gasteiger partial charge in [-0.15, -0.1) is 0 Å². The molecule has 8 heteroatoms. The van der Waals surface area contributed by atoms with Crippen molar-refractivity contribution < 1.29 is 17.9 Å². The van der Waals surface area contributed by atoms with E-state index in [1.807, 2.05) is 30.3 Å². The molecule has 1 saturated heterocycles. The fourth-order valence-electron chi connectivity index (χ4n) is 2.53. The molecule has 0 aromatic heterocycles. The number of carbonyl (C=O) groups is 1. The first kappa shape index (κ1) is 20.6. The first-order valence-electron chi connectivity index (χ1n) is 8.85. The Morgan fingerprint density at radius 2 is 1.88 bits per heavy atom. The van der Waals surface area contributed by atoms with Crippen LogP contribution < -0.4 is 10.0 Å². The lowest BCUT2D eigenvalue weighted by atomic mass is 10.2. The number of hydrogen-bond donors (Lipinski definition) is 2. The van der Waals surface area contributed by atoms with Gasteiger partial charge in [-0.05, 0) is 24.6 Å². The molecule has 26 heavy (non-hydrogen) atoms. The van der Waals surface area contributed by atoms with E-state index in [-0.39, 0.29) is 18.9 Å². The number of carbonyl (C=O) groups excluding carboxylic acids is 1. The van der Waals surface area contributed by atoms with Crippen LogP contribution >= 0.6 is 0 Å². The molecule has 0 bridgehead atoms. The summed E-state index contributed by atoms with van der Waals surface area (Å²) in [4.78, 5) is 14.1. The molecule has 0 saturated carbocycles. The molecule has 1 aliphatic heterocycles. The Morgan fingerprint density at radius 3 is 2.62 bits per heavy atom. The summed E-state index contributed by atoms with van der Waals surface area (Å²) >= 11 is 0. The van der Waals surface area contributed by atoms with Crippen LogP contribution in [0, 0.1) is 0 Å². The number of benzene rings is 1. The van der Waals surface area contributed by atoms with Gasteiger partial charge in [0, 0.05) is 38.0 Å². The summed E-state index contributed by atoms with van der Waals surface area (Å²) in [6.07, 6.45) is 2.52. The summed E-state index contributed by atoms with van der Waals surface area (Å²) in [6, 6.07) is 9.17. The van der Waals surface area contributed by atoms with E-state index >= 15 is 0 Å². The highest BCUT2D eigenvalue weighted by molar-refractivity contribution is 7.92. The molecule has 0 aliphatic carbocycles. The lowest BCUT2D eigenvalue weighted by molar-refractivity contribution is -0.120. The van der Waals surface area contributed by atoms with E-state index in [0.29, 0.717) is 6.54 Å². The Kier molecular flexibility index (Phi) is 8.76. The van der Waals surface area contributed by atoms with Gasteiger partial charge >= 0.3 is 0 Å². The van der Waals surface area contributed by atoms with Gasteiger partial charge in [-0.1, -0.05) is 30.3 Å². The number of amides is 1. The molecule has 1 aromatic rings. The second kappa shape index (κ2) is 11.1. The maximum absolute atomic E-state index is 11.9. The third-order valence-electron chi connectivity index (χ3n) is 3.97. The normalized spacial score (nSPS) is 16.0. The number of morpholine rings is 1. The quantitative estimate of drug-likeness (QED) is 0.586. The van der Waals surface area contributed by atoms with Crippen molar-refractivity contribution in [2.45, 2.75) is 12.8 Å². The molecule has 7 nitrogen and oxygen atoms in total. The van der Waals surface area contributed by atoms with Gasteiger partial charge in [-0.2, -0.15) is 0 Å². The second-order valence-electron chi connectivity index (χ2n) is 6.06. The van der Waals surface area contributed by atoms with Crippen molar-refractivity contribution in [2.75, 3.05) is 45.9 Å². The number of rotatable bonds is 10. The molecule has 1 aliphatic rings. The van der Waals surface area contributed by atoms with E-state index in [0.717, 1.165) is 50.2 Å². The maximum atomic E-state index is 11.9. The van der Waals surface area contributed by atoms with Gasteiger partial charge in [0.25, 0.3) is 0 Å². The van der Waals surface area contributed by atoms with E-state index in [9.17, 15) is 13.2 Å². The standard InChI is InChI=1S/C18H27N3O4S/c22-18(19-9-4-11-21-12-14-25-15-13-21)7-10-20-26(23,24)16-8-17-5-2-1-3-6-17/h1-3,5-6,8,16,20H,4,7,9-15H2,(H,19,22). The van der Waals surface area contributed by atoms with Crippen LogP contribution in [0.5, 0.6) is 0 Å². The van der Waals surface area contributed by atoms with Crippen molar-refractivity contribution in [2.24, 2.45) is 0 Å². The summed E-state index contributed by atoms with van der Waals surface area (Å²) < 4.78 is 31.4. The predicted molar refractivity (Wildman–Crippen MR) is 102 cm³/mol. The van der Waals surface area contributed by atoms with Crippen molar-refractivity contribution in [3.05, 3.63) is 41.3 Å². The first-order chi connectivity index (χ1) is 12.6. The van der Waals surface area contributed by atoms with Gasteiger partial charge in [0.15, 0.2) is 0 Å². The fourth-order valence-corrected chi connectivity index (χ4v) is 3.35. The summed E-state index contributed by atoms with van der Waals surface area (Å²) in [7, 11) is -3.54. The number of nitrogens with zero attached hydrogens (tertiary/aromatic N) is 1. The lowest BCUT2D eigenvalue weighted by Crippen LogP contribution is -2.38. The Labute approximate surface area is 155 Å². The van der Waals surface area contributed by atoms with Crippen LogP contribution in [-0.4, -0.2) is 65.2 Å². The lowest BCUT2D eigenvalue weighted by Gasteiger charge is -2.26. The van der Waals surface area contributed by atoms with Crippen LogP contribution in [-0.2, 0) is 19.6 Å². The largest absolute Gasteiger partial charge is 0.379 e. The zero-order valence-corrected chi connectivity index (χ0v) is 15.7. The molecule has 144 valence electrons. The van der Waals surface area contributed by atoms with Gasteiger partial charge in [0.1, 0.15) is 0 Å². The number of sulfonamides is 1. The smallest absolute Gasteiger partial charge is 0.233 e. The van der Waals surface area contributed by atoms with Gasteiger partial charge < -0.3 is 10.1 Å². The van der Waals surface area contributed by atoms with Crippen molar-refractivity contribution >= 4 is 22.0 Å². The average molecular weight is 381 g/mol. The zero-order chi connectivity index (χ0) is 18.7. The number of nitrogens with one attached hydrogen (secondary N) is 2. The van der Waals surface area contributed by atoms with Crippen LogP contribution in [0.25, 0.3) is 6.08 Å². The monoisotopic (exact) mass is 381 g/mol. The molecule has 2 N–H and O–H groups in total. The molecule has 0 spiro atoms. The van der Waals surface area contributed by atoms with Crippen LogP contribution in [0.1, 0.15) is 18.4 Å². The molecule has 0 radical (unpaired) electrons. The zero-order valence-electron chi connectivity index (χ0n) is 14.9. The molecule has 0 atom stereocenters. The van der Waals surface area contributed by atoms with Crippen molar-refractivity contribution in [1.82, 2.24) is 14.9 Å². The minimum absolute atomic E-state index is 0.0801. The molecule has 1 heterocycles. The van der Waals surface area contributed by atoms with E-state index in [1.54, 1.807) is 0 Å². The number of hydrogen-bond acceptors (Lipinski definition) is 5. The Bertz CT molecular complexity index is 671. The Morgan fingerprint density at radius 1 is 1.15 bits per heavy atom. The molecule has 1 aromatic carbocycles. The minimum atomic E-state index is -3.54. The fraction of sp³-hybridized carbons (Fsp3) is 0.500. The predicted octanol–water partition coefficient (Wildman–Crippen LogP) is 0.805. The average Bonchev–Trinajstić information content (AvgIpc) is 2.65. The summed E-state index contributed by atoms with van der Waals surface area (Å²) in [5, 5.41) is 3.93. The third-order valence-corrected chi connectivity index (χ3v) is 5.07. The highest BCUT2D eigenvalue weighted by Crippen LogP contribution is 2.02. The van der Waals surface area contributed by atoms with E-state index in [4.69, 9.17) is 4.74 Å². The molecule has 1 amide bonds. The van der Waals surface area contributed by atoms with Crippen molar-refractivity contribution in [3.63, 3.8) is 0 Å². The topological polar surface area (TPSA) is 87.7 Å². The highest BCUT2D eigenvalue weighted by atomic mass is 32.2. The van der Waals surface area contributed by atoms with E-state index < -0.39 is 10.0 Å². The second-order valence-corrected chi connectivity index (χ2v) is 7.71. The SMILES string of the molecule is O=C(CCNS(=O)(=O)C=Cc1ccccc1)NCCCN1CCOCC1. The van der Waals surface area contributed by atoms with Crippen LogP contribution in [0.4, 0.5) is 0 Å². The molecule has 2 rings (SSSR count). The van der Waals surface area contributed by atoms with E-state index in [1.165, 1.54) is 6.08 Å². The van der Waals surface area contributed by atoms with Crippen LogP contribution in [0.15, 0.2) is 35.7 Å². The first-order valence-corrected chi connectivity index (χ1v) is 10.4. The van der Waals surface area contributed by atoms with Crippen molar-refractivity contribution in [1.29, 1.82) is 0 Å². The minimum Gasteiger partial charge on any atom is -0.379 e. The maximum Gasteiger partial charge on any atom is 0.233 e. The molecule has 1 fully saturated rings.